The van der Waals surface area contributed by atoms with Gasteiger partial charge in [-0.25, -0.2) is 27.3 Å². The second-order valence-corrected chi connectivity index (χ2v) is 14.7. The number of hydrogen-bond donors (Lipinski definition) is 0. The number of halogens is 1. The quantitative estimate of drug-likeness (QED) is 0.179. The van der Waals surface area contributed by atoms with E-state index in [-0.39, 0.29) is 17.3 Å². The van der Waals surface area contributed by atoms with Crippen LogP contribution in [-0.2, 0) is 25.1 Å². The van der Waals surface area contributed by atoms with E-state index in [2.05, 4.69) is 21.8 Å². The fraction of sp³-hybridized carbons (Fsp3) is 0.344. The summed E-state index contributed by atoms with van der Waals surface area (Å²) >= 11 is 8.33. The van der Waals surface area contributed by atoms with E-state index in [0.29, 0.717) is 27.2 Å². The molecule has 2 fully saturated rings. The van der Waals surface area contributed by atoms with Gasteiger partial charge in [-0.3, -0.25) is 0 Å². The van der Waals surface area contributed by atoms with E-state index in [0.717, 1.165) is 61.1 Å². The Morgan fingerprint density at radius 1 is 0.978 bits per heavy atom. The first-order valence-corrected chi connectivity index (χ1v) is 17.4. The SMILES string of the molecule is COCOC1(c2ncc(-c3c(Cl)cnc4c3cc(-c3ccc(N5CCN(C)CC5)nc3)n4S(=O)(=O)c3ccccc3)s2)CCC1. The van der Waals surface area contributed by atoms with Gasteiger partial charge in [0, 0.05) is 68.4 Å². The molecule has 1 aliphatic carbocycles. The van der Waals surface area contributed by atoms with Crippen LogP contribution in [-0.4, -0.2) is 79.4 Å². The number of thiazole rings is 1. The minimum atomic E-state index is -4.05. The molecule has 0 unspecified atom stereocenters. The minimum Gasteiger partial charge on any atom is -0.359 e. The molecular weight excluding hydrogens is 632 g/mol. The van der Waals surface area contributed by atoms with Gasteiger partial charge < -0.3 is 19.3 Å². The van der Waals surface area contributed by atoms with Crippen molar-refractivity contribution in [3.05, 3.63) is 77.2 Å². The van der Waals surface area contributed by atoms with Crippen LogP contribution in [0.15, 0.2) is 72.0 Å². The first-order valence-electron chi connectivity index (χ1n) is 14.8. The molecule has 2 aliphatic rings. The van der Waals surface area contributed by atoms with E-state index in [1.54, 1.807) is 49.8 Å². The molecule has 5 heterocycles. The topological polar surface area (TPSA) is 103 Å². The largest absolute Gasteiger partial charge is 0.359 e. The Morgan fingerprint density at radius 3 is 2.42 bits per heavy atom. The fourth-order valence-electron chi connectivity index (χ4n) is 5.94. The molecule has 5 aromatic rings. The molecule has 0 amide bonds. The van der Waals surface area contributed by atoms with Crippen LogP contribution in [0.3, 0.4) is 0 Å². The maximum absolute atomic E-state index is 14.3. The zero-order valence-corrected chi connectivity index (χ0v) is 27.4. The molecule has 1 aromatic carbocycles. The lowest BCUT2D eigenvalue weighted by Gasteiger charge is -2.39. The van der Waals surface area contributed by atoms with Crippen LogP contribution in [0.4, 0.5) is 5.82 Å². The summed E-state index contributed by atoms with van der Waals surface area (Å²) < 4.78 is 41.1. The number of hydrogen-bond acceptors (Lipinski definition) is 10. The number of aromatic nitrogens is 4. The van der Waals surface area contributed by atoms with Crippen LogP contribution in [0.5, 0.6) is 0 Å². The summed E-state index contributed by atoms with van der Waals surface area (Å²) in [5, 5.41) is 1.86. The van der Waals surface area contributed by atoms with E-state index in [9.17, 15) is 8.42 Å². The average molecular weight is 665 g/mol. The summed E-state index contributed by atoms with van der Waals surface area (Å²) in [5.41, 5.74) is 1.57. The Hall–Kier alpha value is -3.39. The zero-order chi connectivity index (χ0) is 31.2. The number of ether oxygens (including phenoxy) is 2. The van der Waals surface area contributed by atoms with Gasteiger partial charge in [0.2, 0.25) is 0 Å². The van der Waals surface area contributed by atoms with Crippen LogP contribution in [0.1, 0.15) is 24.3 Å². The van der Waals surface area contributed by atoms with Crippen molar-refractivity contribution >= 4 is 49.8 Å². The third kappa shape index (κ3) is 5.43. The third-order valence-electron chi connectivity index (χ3n) is 8.65. The van der Waals surface area contributed by atoms with E-state index in [1.165, 1.54) is 21.5 Å². The molecule has 1 saturated heterocycles. The second-order valence-electron chi connectivity index (χ2n) is 11.5. The molecule has 4 aromatic heterocycles. The van der Waals surface area contributed by atoms with E-state index >= 15 is 0 Å². The number of piperazine rings is 1. The molecule has 45 heavy (non-hydrogen) atoms. The van der Waals surface area contributed by atoms with Gasteiger partial charge in [0.05, 0.1) is 20.5 Å². The molecule has 10 nitrogen and oxygen atoms in total. The van der Waals surface area contributed by atoms with E-state index in [1.807, 2.05) is 18.2 Å². The standard InChI is InChI=1S/C32H33ClN6O4S2/c1-37-13-15-38(16-14-37)28-10-9-22(18-34-28)26-17-24-29(27-20-36-31(44-27)32(11-6-12-32)43-21-42-2)25(33)19-35-30(24)39(26)45(40,41)23-7-4-3-5-8-23/h3-5,7-10,17-20H,6,11-16,21H2,1-2H3. The lowest BCUT2D eigenvalue weighted by molar-refractivity contribution is -0.171. The number of anilines is 1. The summed E-state index contributed by atoms with van der Waals surface area (Å²) in [4.78, 5) is 19.6. The van der Waals surface area contributed by atoms with Gasteiger partial charge >= 0.3 is 0 Å². The van der Waals surface area contributed by atoms with Crippen molar-refractivity contribution in [3.8, 4) is 21.7 Å². The van der Waals surface area contributed by atoms with Gasteiger partial charge in [0.25, 0.3) is 10.0 Å². The summed E-state index contributed by atoms with van der Waals surface area (Å²) in [6, 6.07) is 14.1. The van der Waals surface area contributed by atoms with Gasteiger partial charge in [-0.05, 0) is 56.6 Å². The Balaban J connectivity index is 1.37. The second kappa shape index (κ2) is 12.1. The molecular formula is C32H33ClN6O4S2. The van der Waals surface area contributed by atoms with Gasteiger partial charge in [0.1, 0.15) is 23.2 Å². The van der Waals surface area contributed by atoms with Crippen molar-refractivity contribution in [1.29, 1.82) is 0 Å². The van der Waals surface area contributed by atoms with Crippen molar-refractivity contribution in [1.82, 2.24) is 23.8 Å². The smallest absolute Gasteiger partial charge is 0.269 e. The Bertz CT molecular complexity index is 1930. The highest BCUT2D eigenvalue weighted by atomic mass is 35.5. The summed E-state index contributed by atoms with van der Waals surface area (Å²) in [6.07, 6.45) is 7.79. The molecule has 234 valence electrons. The number of rotatable bonds is 9. The lowest BCUT2D eigenvalue weighted by atomic mass is 9.80. The maximum atomic E-state index is 14.3. The van der Waals surface area contributed by atoms with Gasteiger partial charge in [-0.15, -0.1) is 11.3 Å². The van der Waals surface area contributed by atoms with Gasteiger partial charge in [0.15, 0.2) is 5.65 Å². The molecule has 0 bridgehead atoms. The van der Waals surface area contributed by atoms with Crippen LogP contribution in [0.25, 0.3) is 32.7 Å². The number of methoxy groups -OCH3 is 1. The first-order chi connectivity index (χ1) is 21.8. The Morgan fingerprint density at radius 2 is 1.76 bits per heavy atom. The molecule has 0 radical (unpaired) electrons. The summed E-state index contributed by atoms with van der Waals surface area (Å²) in [6.45, 7) is 3.86. The van der Waals surface area contributed by atoms with Crippen molar-refractivity contribution < 1.29 is 17.9 Å². The monoisotopic (exact) mass is 664 g/mol. The number of benzene rings is 1. The van der Waals surface area contributed by atoms with E-state index in [4.69, 9.17) is 31.0 Å². The minimum absolute atomic E-state index is 0.159. The Labute approximate surface area is 271 Å². The maximum Gasteiger partial charge on any atom is 0.269 e. The lowest BCUT2D eigenvalue weighted by Crippen LogP contribution is -2.44. The van der Waals surface area contributed by atoms with Gasteiger partial charge in [-0.2, -0.15) is 0 Å². The number of nitrogens with zero attached hydrogens (tertiary/aromatic N) is 6. The van der Waals surface area contributed by atoms with Crippen molar-refractivity contribution in [2.75, 3.05) is 52.0 Å². The van der Waals surface area contributed by atoms with Gasteiger partial charge in [-0.1, -0.05) is 29.8 Å². The molecule has 0 atom stereocenters. The third-order valence-corrected chi connectivity index (χ3v) is 11.9. The summed E-state index contributed by atoms with van der Waals surface area (Å²) in [7, 11) is -0.333. The number of pyridine rings is 2. The first kappa shape index (κ1) is 30.3. The van der Waals surface area contributed by atoms with Crippen molar-refractivity contribution in [2.45, 2.75) is 29.8 Å². The Kier molecular flexibility index (Phi) is 8.13. The van der Waals surface area contributed by atoms with Crippen LogP contribution >= 0.6 is 22.9 Å². The average Bonchev–Trinajstić information content (AvgIpc) is 3.68. The predicted molar refractivity (Wildman–Crippen MR) is 176 cm³/mol. The predicted octanol–water partition coefficient (Wildman–Crippen LogP) is 5.86. The van der Waals surface area contributed by atoms with Crippen molar-refractivity contribution in [3.63, 3.8) is 0 Å². The highest BCUT2D eigenvalue weighted by Crippen LogP contribution is 2.49. The van der Waals surface area contributed by atoms with Crippen LogP contribution in [0.2, 0.25) is 5.02 Å². The highest BCUT2D eigenvalue weighted by molar-refractivity contribution is 7.90. The van der Waals surface area contributed by atoms with Crippen LogP contribution in [0, 0.1) is 0 Å². The molecule has 7 rings (SSSR count). The van der Waals surface area contributed by atoms with Crippen LogP contribution < -0.4 is 4.90 Å². The van der Waals surface area contributed by atoms with Crippen molar-refractivity contribution in [2.24, 2.45) is 0 Å². The normalized spacial score (nSPS) is 17.1. The molecule has 0 N–H and O–H groups in total. The molecule has 1 aliphatic heterocycles. The molecule has 0 spiro atoms. The fourth-order valence-corrected chi connectivity index (χ4v) is 8.94. The highest BCUT2D eigenvalue weighted by Gasteiger charge is 2.43. The summed E-state index contributed by atoms with van der Waals surface area (Å²) in [5.74, 6) is 0.861. The zero-order valence-electron chi connectivity index (χ0n) is 25.0. The number of likely N-dealkylation sites (N-methyl/N-ethyl adjacent to an activating group) is 1. The molecule has 13 heteroatoms. The number of fused-ring (bicyclic) bond motifs is 1. The molecule has 1 saturated carbocycles. The van der Waals surface area contributed by atoms with E-state index < -0.39 is 15.6 Å².